The van der Waals surface area contributed by atoms with Crippen LogP contribution >= 0.6 is 11.6 Å². The topological polar surface area (TPSA) is 122 Å². The summed E-state index contributed by atoms with van der Waals surface area (Å²) in [5, 5.41) is 1.20. The highest BCUT2D eigenvalue weighted by Gasteiger charge is 2.22. The lowest BCUT2D eigenvalue weighted by atomic mass is 10.1. The fourth-order valence-electron chi connectivity index (χ4n) is 2.49. The van der Waals surface area contributed by atoms with Gasteiger partial charge in [-0.2, -0.15) is 0 Å². The number of fused-ring (bicyclic) bond motifs is 1. The van der Waals surface area contributed by atoms with Gasteiger partial charge in [-0.05, 0) is 24.4 Å². The van der Waals surface area contributed by atoms with Gasteiger partial charge < -0.3 is 17.2 Å². The zero-order chi connectivity index (χ0) is 16.6. The van der Waals surface area contributed by atoms with E-state index in [1.807, 2.05) is 0 Å². The second-order valence-corrected chi connectivity index (χ2v) is 5.14. The molecule has 0 radical (unpaired) electrons. The molecule has 116 valence electrons. The molecule has 3 rings (SSSR count). The minimum Gasteiger partial charge on any atom is -0.405 e. The van der Waals surface area contributed by atoms with Crippen LogP contribution in [0.15, 0.2) is 37.3 Å². The molecule has 0 aliphatic heterocycles. The van der Waals surface area contributed by atoms with E-state index in [0.717, 1.165) is 0 Å². The molecular formula is C15H14ClN7. The lowest BCUT2D eigenvalue weighted by Crippen LogP contribution is -2.07. The molecule has 7 nitrogen and oxygen atoms in total. The van der Waals surface area contributed by atoms with Crippen molar-refractivity contribution in [2.24, 2.45) is 11.5 Å². The van der Waals surface area contributed by atoms with E-state index in [1.54, 1.807) is 35.2 Å². The summed E-state index contributed by atoms with van der Waals surface area (Å²) in [5.74, 6) is 0.434. The first-order valence-corrected chi connectivity index (χ1v) is 7.03. The predicted octanol–water partition coefficient (Wildman–Crippen LogP) is 2.05. The third-order valence-corrected chi connectivity index (χ3v) is 3.63. The van der Waals surface area contributed by atoms with Crippen molar-refractivity contribution in [3.8, 4) is 11.3 Å². The smallest absolute Gasteiger partial charge is 0.220 e. The molecule has 6 N–H and O–H groups in total. The zero-order valence-electron chi connectivity index (χ0n) is 12.1. The Bertz CT molecular complexity index is 942. The summed E-state index contributed by atoms with van der Waals surface area (Å²) in [6, 6.07) is 3.42. The molecule has 3 aromatic heterocycles. The van der Waals surface area contributed by atoms with Gasteiger partial charge in [-0.1, -0.05) is 18.2 Å². The predicted molar refractivity (Wildman–Crippen MR) is 92.9 cm³/mol. The normalized spacial score (nSPS) is 11.3. The molecule has 0 saturated carbocycles. The van der Waals surface area contributed by atoms with Crippen LogP contribution in [0.2, 0.25) is 5.02 Å². The van der Waals surface area contributed by atoms with E-state index >= 15 is 0 Å². The number of halogens is 1. The van der Waals surface area contributed by atoms with Crippen molar-refractivity contribution < 1.29 is 0 Å². The van der Waals surface area contributed by atoms with Gasteiger partial charge in [0, 0.05) is 23.3 Å². The Morgan fingerprint density at radius 1 is 1.26 bits per heavy atom. The molecule has 0 amide bonds. The van der Waals surface area contributed by atoms with Crippen LogP contribution in [0, 0.1) is 0 Å². The van der Waals surface area contributed by atoms with E-state index in [2.05, 4.69) is 21.5 Å². The number of aromatic nitrogens is 4. The number of nitrogens with two attached hydrogens (primary N) is 3. The number of nitrogens with zero attached hydrogens (tertiary/aromatic N) is 4. The van der Waals surface area contributed by atoms with E-state index in [4.69, 9.17) is 28.8 Å². The maximum Gasteiger partial charge on any atom is 0.220 e. The van der Waals surface area contributed by atoms with Gasteiger partial charge in [0.1, 0.15) is 11.5 Å². The van der Waals surface area contributed by atoms with Gasteiger partial charge in [0.05, 0.1) is 16.4 Å². The van der Waals surface area contributed by atoms with E-state index in [0.29, 0.717) is 33.0 Å². The molecule has 8 heteroatoms. The Hall–Kier alpha value is -3.06. The summed E-state index contributed by atoms with van der Waals surface area (Å²) in [5.41, 5.74) is 19.8. The first-order valence-electron chi connectivity index (χ1n) is 6.65. The number of hydrogen-bond donors (Lipinski definition) is 3. The maximum absolute atomic E-state index is 6.39. The molecule has 0 aromatic carbocycles. The molecule has 0 atom stereocenters. The summed E-state index contributed by atoms with van der Waals surface area (Å²) in [4.78, 5) is 12.5. The summed E-state index contributed by atoms with van der Waals surface area (Å²) < 4.78 is 1.66. The van der Waals surface area contributed by atoms with Crippen molar-refractivity contribution >= 4 is 40.5 Å². The first kappa shape index (κ1) is 14.9. The van der Waals surface area contributed by atoms with Gasteiger partial charge in [0.2, 0.25) is 5.95 Å². The number of nitrogen functional groups attached to an aromatic ring is 1. The molecule has 0 fully saturated rings. The van der Waals surface area contributed by atoms with Crippen LogP contribution in [-0.4, -0.2) is 19.5 Å². The highest BCUT2D eigenvalue weighted by atomic mass is 35.5. The number of anilines is 1. The molecule has 23 heavy (non-hydrogen) atoms. The number of rotatable bonds is 3. The summed E-state index contributed by atoms with van der Waals surface area (Å²) in [7, 11) is 0. The van der Waals surface area contributed by atoms with Crippen LogP contribution in [0.4, 0.5) is 5.95 Å². The van der Waals surface area contributed by atoms with Crippen LogP contribution in [0.5, 0.6) is 0 Å². The standard InChI is InChI=1S/C15H14ClN7/c1-8(18)23-11(2-5-17)13(10-4-7-21-15(19)22-10)12-9(16)3-6-20-14(12)23/h2-7H,1,17-18H2,(H2,19,21,22)/b5-2-. The largest absolute Gasteiger partial charge is 0.405 e. The summed E-state index contributed by atoms with van der Waals surface area (Å²) in [6.45, 7) is 3.80. The first-order chi connectivity index (χ1) is 11.0. The van der Waals surface area contributed by atoms with Crippen molar-refractivity contribution in [3.63, 3.8) is 0 Å². The third kappa shape index (κ3) is 2.36. The fourth-order valence-corrected chi connectivity index (χ4v) is 2.73. The average molecular weight is 328 g/mol. The number of hydrogen-bond acceptors (Lipinski definition) is 6. The molecule has 3 aromatic rings. The van der Waals surface area contributed by atoms with E-state index in [9.17, 15) is 0 Å². The van der Waals surface area contributed by atoms with Gasteiger partial charge in [0.25, 0.3) is 0 Å². The Labute approximate surface area is 137 Å². The highest BCUT2D eigenvalue weighted by molar-refractivity contribution is 6.36. The minimum absolute atomic E-state index is 0.151. The Morgan fingerprint density at radius 2 is 2.00 bits per heavy atom. The van der Waals surface area contributed by atoms with Gasteiger partial charge in [-0.25, -0.2) is 15.0 Å². The Morgan fingerprint density at radius 3 is 2.65 bits per heavy atom. The fraction of sp³-hybridized carbons (Fsp3) is 0. The second kappa shape index (κ2) is 5.62. The molecule has 0 saturated heterocycles. The van der Waals surface area contributed by atoms with Crippen LogP contribution in [0.25, 0.3) is 34.2 Å². The molecule has 0 aliphatic rings. The zero-order valence-corrected chi connectivity index (χ0v) is 12.8. The molecular weight excluding hydrogens is 314 g/mol. The summed E-state index contributed by atoms with van der Waals surface area (Å²) >= 11 is 6.39. The van der Waals surface area contributed by atoms with Gasteiger partial charge in [-0.3, -0.25) is 4.57 Å². The monoisotopic (exact) mass is 327 g/mol. The highest BCUT2D eigenvalue weighted by Crippen LogP contribution is 2.38. The van der Waals surface area contributed by atoms with Crippen LogP contribution in [0.1, 0.15) is 5.69 Å². The lowest BCUT2D eigenvalue weighted by Gasteiger charge is -2.07. The quantitative estimate of drug-likeness (QED) is 0.676. The molecule has 3 heterocycles. The van der Waals surface area contributed by atoms with Gasteiger partial charge in [0.15, 0.2) is 0 Å². The SMILES string of the molecule is C=C(N)n1c(/C=C\N)c(-c2ccnc(N)n2)c2c(Cl)ccnc21. The van der Waals surface area contributed by atoms with Crippen molar-refractivity contribution in [1.29, 1.82) is 0 Å². The van der Waals surface area contributed by atoms with Crippen molar-refractivity contribution in [3.05, 3.63) is 48.0 Å². The van der Waals surface area contributed by atoms with E-state index < -0.39 is 0 Å². The average Bonchev–Trinajstić information content (AvgIpc) is 2.83. The van der Waals surface area contributed by atoms with Gasteiger partial charge in [-0.15, -0.1) is 0 Å². The van der Waals surface area contributed by atoms with Crippen LogP contribution in [0.3, 0.4) is 0 Å². The summed E-state index contributed by atoms with van der Waals surface area (Å²) in [6.07, 6.45) is 6.25. The maximum atomic E-state index is 6.39. The van der Waals surface area contributed by atoms with Crippen molar-refractivity contribution in [2.75, 3.05) is 5.73 Å². The lowest BCUT2D eigenvalue weighted by molar-refractivity contribution is 1.08. The van der Waals surface area contributed by atoms with Crippen molar-refractivity contribution in [1.82, 2.24) is 19.5 Å². The molecule has 0 aliphatic carbocycles. The molecule has 0 unspecified atom stereocenters. The molecule has 0 bridgehead atoms. The van der Waals surface area contributed by atoms with Crippen molar-refractivity contribution in [2.45, 2.75) is 0 Å². The van der Waals surface area contributed by atoms with Crippen LogP contribution < -0.4 is 17.2 Å². The van der Waals surface area contributed by atoms with Gasteiger partial charge >= 0.3 is 0 Å². The minimum atomic E-state index is 0.151. The second-order valence-electron chi connectivity index (χ2n) is 4.74. The molecule has 0 spiro atoms. The van der Waals surface area contributed by atoms with E-state index in [-0.39, 0.29) is 11.8 Å². The number of pyridine rings is 1. The van der Waals surface area contributed by atoms with Crippen LogP contribution in [-0.2, 0) is 0 Å². The third-order valence-electron chi connectivity index (χ3n) is 3.31. The Balaban J connectivity index is 2.53. The Kier molecular flexibility index (Phi) is 3.63. The van der Waals surface area contributed by atoms with E-state index in [1.165, 1.54) is 6.20 Å².